The third kappa shape index (κ3) is 3.70. The van der Waals surface area contributed by atoms with E-state index in [1.807, 2.05) is 7.05 Å². The molecule has 2 aromatic heterocycles. The maximum Gasteiger partial charge on any atom is 0.433 e. The van der Waals surface area contributed by atoms with Crippen molar-refractivity contribution in [1.82, 2.24) is 19.5 Å². The highest BCUT2D eigenvalue weighted by Gasteiger charge is 2.36. The van der Waals surface area contributed by atoms with E-state index < -0.39 is 11.9 Å². The lowest BCUT2D eigenvalue weighted by Gasteiger charge is -2.29. The number of rotatable bonds is 3. The van der Waals surface area contributed by atoms with Crippen LogP contribution in [0.15, 0.2) is 36.5 Å². The Balaban J connectivity index is 1.84. The van der Waals surface area contributed by atoms with E-state index in [1.165, 1.54) is 18.2 Å². The number of carbonyl (C=O) groups excluding carboxylic acids is 1. The number of ether oxygens (including phenoxy) is 1. The molecule has 7 nitrogen and oxygen atoms in total. The van der Waals surface area contributed by atoms with Crippen LogP contribution in [0.5, 0.6) is 5.75 Å². The molecule has 1 fully saturated rings. The number of quaternary nitrogens is 1. The molecule has 0 bridgehead atoms. The number of aromatic nitrogens is 3. The van der Waals surface area contributed by atoms with Crippen LogP contribution in [0.1, 0.15) is 16.1 Å². The highest BCUT2D eigenvalue weighted by molar-refractivity contribution is 6.00. The number of piperazine rings is 1. The van der Waals surface area contributed by atoms with Crippen molar-refractivity contribution in [3.8, 4) is 17.0 Å². The first-order valence-electron chi connectivity index (χ1n) is 9.49. The zero-order valence-corrected chi connectivity index (χ0v) is 16.5. The molecule has 1 aromatic carbocycles. The Morgan fingerprint density at radius 2 is 1.93 bits per heavy atom. The first kappa shape index (κ1) is 20.1. The number of nitrogens with zero attached hydrogens (tertiary/aromatic N) is 4. The van der Waals surface area contributed by atoms with Gasteiger partial charge >= 0.3 is 6.18 Å². The lowest BCUT2D eigenvalue weighted by molar-refractivity contribution is -0.883. The molecule has 3 heterocycles. The van der Waals surface area contributed by atoms with E-state index in [0.29, 0.717) is 28.9 Å². The molecule has 4 rings (SSSR count). The smallest absolute Gasteiger partial charge is 0.433 e. The average molecular weight is 420 g/mol. The van der Waals surface area contributed by atoms with E-state index in [9.17, 15) is 18.0 Å². The van der Waals surface area contributed by atoms with Gasteiger partial charge in [0.1, 0.15) is 11.3 Å². The standard InChI is InChI=1S/C20H20F3N5O2/c1-26-6-8-27(9-7-26)19(29)15-12-24-28-17(20(21,22)23)11-16(25-18(15)28)13-4-3-5-14(10-13)30-2/h3-5,10-12H,6-9H2,1-2H3/p+1. The fraction of sp³-hybridized carbons (Fsp3) is 0.350. The van der Waals surface area contributed by atoms with Gasteiger partial charge in [0.15, 0.2) is 11.3 Å². The van der Waals surface area contributed by atoms with Crippen LogP contribution >= 0.6 is 0 Å². The van der Waals surface area contributed by atoms with Gasteiger partial charge in [0, 0.05) is 5.56 Å². The molecule has 0 radical (unpaired) electrons. The van der Waals surface area contributed by atoms with Gasteiger partial charge in [-0.1, -0.05) is 12.1 Å². The summed E-state index contributed by atoms with van der Waals surface area (Å²) in [6.07, 6.45) is -3.50. The number of hydrogen-bond acceptors (Lipinski definition) is 4. The van der Waals surface area contributed by atoms with Gasteiger partial charge in [0.25, 0.3) is 5.91 Å². The maximum atomic E-state index is 13.8. The maximum absolute atomic E-state index is 13.8. The molecular weight excluding hydrogens is 399 g/mol. The number of halogens is 3. The van der Waals surface area contributed by atoms with Crippen LogP contribution in [-0.2, 0) is 6.18 Å². The second kappa shape index (κ2) is 7.60. The average Bonchev–Trinajstić information content (AvgIpc) is 3.16. The number of methoxy groups -OCH3 is 1. The van der Waals surface area contributed by atoms with Crippen LogP contribution in [0.25, 0.3) is 16.9 Å². The molecule has 0 saturated carbocycles. The summed E-state index contributed by atoms with van der Waals surface area (Å²) in [5.41, 5.74) is -0.507. The minimum absolute atomic E-state index is 0.0600. The number of benzene rings is 1. The number of alkyl halides is 3. The van der Waals surface area contributed by atoms with E-state index >= 15 is 0 Å². The van der Waals surface area contributed by atoms with Crippen LogP contribution in [0.2, 0.25) is 0 Å². The monoisotopic (exact) mass is 420 g/mol. The first-order chi connectivity index (χ1) is 14.3. The van der Waals surface area contributed by atoms with Crippen molar-refractivity contribution in [1.29, 1.82) is 0 Å². The molecule has 1 aliphatic heterocycles. The molecule has 30 heavy (non-hydrogen) atoms. The largest absolute Gasteiger partial charge is 0.497 e. The zero-order chi connectivity index (χ0) is 21.5. The normalized spacial score (nSPS) is 15.6. The van der Waals surface area contributed by atoms with Crippen molar-refractivity contribution in [3.63, 3.8) is 0 Å². The molecule has 1 saturated heterocycles. The molecular formula is C20H21F3N5O2+. The minimum atomic E-state index is -4.67. The van der Waals surface area contributed by atoms with Gasteiger partial charge in [-0.05, 0) is 18.2 Å². The Bertz CT molecular complexity index is 1090. The van der Waals surface area contributed by atoms with Crippen molar-refractivity contribution in [2.75, 3.05) is 40.3 Å². The fourth-order valence-electron chi connectivity index (χ4n) is 3.51. The quantitative estimate of drug-likeness (QED) is 0.696. The lowest BCUT2D eigenvalue weighted by Crippen LogP contribution is -3.12. The SMILES string of the molecule is COc1cccc(-c2cc(C(F)(F)F)n3ncc(C(=O)N4CC[NH+](C)CC4)c3n2)c1. The van der Waals surface area contributed by atoms with Gasteiger partial charge in [-0.3, -0.25) is 4.79 Å². The Hall–Kier alpha value is -3.14. The number of likely N-dealkylation sites (N-methyl/N-ethyl adjacent to an activating group) is 1. The molecule has 0 aliphatic carbocycles. The zero-order valence-electron chi connectivity index (χ0n) is 16.5. The third-order valence-electron chi connectivity index (χ3n) is 5.26. The van der Waals surface area contributed by atoms with E-state index in [-0.39, 0.29) is 22.8 Å². The predicted octanol–water partition coefficient (Wildman–Crippen LogP) is 1.39. The number of nitrogens with one attached hydrogen (secondary N) is 1. The van der Waals surface area contributed by atoms with Gasteiger partial charge in [0.2, 0.25) is 0 Å². The summed E-state index contributed by atoms with van der Waals surface area (Å²) in [4.78, 5) is 20.3. The first-order valence-corrected chi connectivity index (χ1v) is 9.49. The summed E-state index contributed by atoms with van der Waals surface area (Å²) >= 11 is 0. The van der Waals surface area contributed by atoms with Crippen LogP contribution in [0, 0.1) is 0 Å². The molecule has 0 spiro atoms. The number of hydrogen-bond donors (Lipinski definition) is 1. The van der Waals surface area contributed by atoms with Crippen LogP contribution in [0.4, 0.5) is 13.2 Å². The summed E-state index contributed by atoms with van der Waals surface area (Å²) in [5.74, 6) is 0.133. The highest BCUT2D eigenvalue weighted by Crippen LogP contribution is 2.33. The van der Waals surface area contributed by atoms with Crippen molar-refractivity contribution in [3.05, 3.63) is 47.8 Å². The van der Waals surface area contributed by atoms with E-state index in [2.05, 4.69) is 10.1 Å². The Morgan fingerprint density at radius 3 is 2.60 bits per heavy atom. The summed E-state index contributed by atoms with van der Waals surface area (Å²) < 4.78 is 47.1. The second-order valence-electron chi connectivity index (χ2n) is 7.30. The second-order valence-corrected chi connectivity index (χ2v) is 7.30. The van der Waals surface area contributed by atoms with Gasteiger partial charge in [0.05, 0.1) is 52.2 Å². The fourth-order valence-corrected chi connectivity index (χ4v) is 3.51. The molecule has 158 valence electrons. The van der Waals surface area contributed by atoms with Crippen LogP contribution in [0.3, 0.4) is 0 Å². The lowest BCUT2D eigenvalue weighted by atomic mass is 10.1. The van der Waals surface area contributed by atoms with E-state index in [1.54, 1.807) is 29.2 Å². The summed E-state index contributed by atoms with van der Waals surface area (Å²) in [7, 11) is 3.51. The van der Waals surface area contributed by atoms with Gasteiger partial charge in [-0.25, -0.2) is 9.50 Å². The molecule has 3 aromatic rings. The summed E-state index contributed by atoms with van der Waals surface area (Å²) in [5, 5.41) is 3.84. The third-order valence-corrected chi connectivity index (χ3v) is 5.26. The topological polar surface area (TPSA) is 64.2 Å². The van der Waals surface area contributed by atoms with Crippen LogP contribution in [-0.4, -0.2) is 65.7 Å². The number of fused-ring (bicyclic) bond motifs is 1. The highest BCUT2D eigenvalue weighted by atomic mass is 19.4. The van der Waals surface area contributed by atoms with E-state index in [4.69, 9.17) is 4.74 Å². The molecule has 1 aliphatic rings. The summed E-state index contributed by atoms with van der Waals surface area (Å²) in [6, 6.07) is 7.53. The minimum Gasteiger partial charge on any atom is -0.497 e. The van der Waals surface area contributed by atoms with Crippen molar-refractivity contribution in [2.24, 2.45) is 0 Å². The Morgan fingerprint density at radius 1 is 1.20 bits per heavy atom. The van der Waals surface area contributed by atoms with E-state index in [0.717, 1.165) is 19.2 Å². The Kier molecular flexibility index (Phi) is 5.10. The molecule has 10 heteroatoms. The molecule has 1 N–H and O–H groups in total. The number of amides is 1. The van der Waals surface area contributed by atoms with Crippen LogP contribution < -0.4 is 9.64 Å². The predicted molar refractivity (Wildman–Crippen MR) is 103 cm³/mol. The summed E-state index contributed by atoms with van der Waals surface area (Å²) in [6.45, 7) is 2.62. The van der Waals surface area contributed by atoms with Gasteiger partial charge < -0.3 is 14.5 Å². The van der Waals surface area contributed by atoms with Crippen molar-refractivity contribution in [2.45, 2.75) is 6.18 Å². The Labute approximate surface area is 170 Å². The van der Waals surface area contributed by atoms with Gasteiger partial charge in [-0.15, -0.1) is 0 Å². The molecule has 1 amide bonds. The van der Waals surface area contributed by atoms with Crippen molar-refractivity contribution < 1.29 is 27.6 Å². The molecule has 0 unspecified atom stereocenters. The number of carbonyl (C=O) groups is 1. The van der Waals surface area contributed by atoms with Gasteiger partial charge in [-0.2, -0.15) is 18.3 Å². The van der Waals surface area contributed by atoms with Crippen molar-refractivity contribution >= 4 is 11.6 Å². The molecule has 0 atom stereocenters.